The Hall–Kier alpha value is -3.31. The first kappa shape index (κ1) is 18.1. The molecule has 5 nitrogen and oxygen atoms in total. The standard InChI is InChI=1S/C23H22N2O3/c1-25(14-17-11-12-21-22(13-17)28-16-27-21)15-23(26)24-20-10-6-5-9-19(20)18-7-3-2-4-8-18/h2-13H,14-16H2,1H3,(H,24,26)/p+1. The van der Waals surface area contributed by atoms with Gasteiger partial charge in [-0.05, 0) is 29.8 Å². The number of hydrogen-bond donors (Lipinski definition) is 2. The van der Waals surface area contributed by atoms with Gasteiger partial charge in [-0.3, -0.25) is 4.79 Å². The molecule has 0 saturated heterocycles. The van der Waals surface area contributed by atoms with Crippen molar-refractivity contribution in [1.29, 1.82) is 0 Å². The van der Waals surface area contributed by atoms with Crippen LogP contribution in [0.5, 0.6) is 11.5 Å². The molecule has 1 amide bonds. The molecule has 1 atom stereocenters. The molecule has 28 heavy (non-hydrogen) atoms. The van der Waals surface area contributed by atoms with Crippen LogP contribution in [-0.2, 0) is 11.3 Å². The molecule has 0 aromatic heterocycles. The number of ether oxygens (including phenoxy) is 2. The first-order chi connectivity index (χ1) is 13.7. The molecule has 2 N–H and O–H groups in total. The van der Waals surface area contributed by atoms with E-state index in [-0.39, 0.29) is 12.7 Å². The quantitative estimate of drug-likeness (QED) is 0.697. The fourth-order valence-corrected chi connectivity index (χ4v) is 3.39. The van der Waals surface area contributed by atoms with Gasteiger partial charge in [0, 0.05) is 16.8 Å². The lowest BCUT2D eigenvalue weighted by atomic mass is 10.0. The van der Waals surface area contributed by atoms with Crippen LogP contribution >= 0.6 is 0 Å². The van der Waals surface area contributed by atoms with Crippen molar-refractivity contribution in [3.8, 4) is 22.6 Å². The van der Waals surface area contributed by atoms with Gasteiger partial charge in [-0.1, -0.05) is 48.5 Å². The Morgan fingerprint density at radius 1 is 0.964 bits per heavy atom. The number of carbonyl (C=O) groups excluding carboxylic acids is 1. The molecule has 5 heteroatoms. The van der Waals surface area contributed by atoms with Crippen molar-refractivity contribution in [3.05, 3.63) is 78.4 Å². The molecular formula is C23H23N2O3+. The average molecular weight is 375 g/mol. The first-order valence-corrected chi connectivity index (χ1v) is 9.33. The van der Waals surface area contributed by atoms with Gasteiger partial charge in [0.15, 0.2) is 18.0 Å². The van der Waals surface area contributed by atoms with Crippen LogP contribution in [0.4, 0.5) is 5.69 Å². The summed E-state index contributed by atoms with van der Waals surface area (Å²) in [5, 5.41) is 3.06. The number of amides is 1. The summed E-state index contributed by atoms with van der Waals surface area (Å²) in [7, 11) is 2.01. The maximum atomic E-state index is 12.6. The summed E-state index contributed by atoms with van der Waals surface area (Å²) in [6.45, 7) is 1.37. The fourth-order valence-electron chi connectivity index (χ4n) is 3.39. The number of likely N-dealkylation sites (N-methyl/N-ethyl adjacent to an activating group) is 1. The lowest BCUT2D eigenvalue weighted by molar-refractivity contribution is -0.885. The van der Waals surface area contributed by atoms with Crippen LogP contribution in [0.15, 0.2) is 72.8 Å². The van der Waals surface area contributed by atoms with E-state index in [0.717, 1.165) is 45.3 Å². The Morgan fingerprint density at radius 3 is 2.57 bits per heavy atom. The number of anilines is 1. The predicted molar refractivity (Wildman–Crippen MR) is 109 cm³/mol. The van der Waals surface area contributed by atoms with E-state index in [1.165, 1.54) is 0 Å². The molecule has 0 saturated carbocycles. The Kier molecular flexibility index (Phi) is 5.26. The number of fused-ring (bicyclic) bond motifs is 1. The highest BCUT2D eigenvalue weighted by molar-refractivity contribution is 5.96. The van der Waals surface area contributed by atoms with Crippen LogP contribution < -0.4 is 19.7 Å². The van der Waals surface area contributed by atoms with E-state index in [1.54, 1.807) is 0 Å². The van der Waals surface area contributed by atoms with E-state index in [4.69, 9.17) is 9.47 Å². The van der Waals surface area contributed by atoms with Gasteiger partial charge in [0.05, 0.1) is 7.05 Å². The van der Waals surface area contributed by atoms with E-state index in [0.29, 0.717) is 6.54 Å². The summed E-state index contributed by atoms with van der Waals surface area (Å²) in [5.41, 5.74) is 4.04. The number of hydrogen-bond acceptors (Lipinski definition) is 3. The molecule has 0 fully saturated rings. The van der Waals surface area contributed by atoms with Gasteiger partial charge in [0.1, 0.15) is 6.54 Å². The molecule has 3 aromatic carbocycles. The summed E-state index contributed by atoms with van der Waals surface area (Å²) >= 11 is 0. The zero-order chi connectivity index (χ0) is 19.3. The van der Waals surface area contributed by atoms with Gasteiger partial charge in [0.2, 0.25) is 6.79 Å². The second kappa shape index (κ2) is 8.15. The number of para-hydroxylation sites is 1. The molecular weight excluding hydrogens is 352 g/mol. The average Bonchev–Trinajstić information content (AvgIpc) is 3.16. The van der Waals surface area contributed by atoms with Gasteiger partial charge in [0.25, 0.3) is 5.91 Å². The molecule has 1 aliphatic heterocycles. The van der Waals surface area contributed by atoms with Crippen LogP contribution in [0.1, 0.15) is 5.56 Å². The van der Waals surface area contributed by atoms with E-state index in [2.05, 4.69) is 5.32 Å². The van der Waals surface area contributed by atoms with E-state index in [9.17, 15) is 4.79 Å². The molecule has 1 heterocycles. The zero-order valence-electron chi connectivity index (χ0n) is 15.8. The maximum absolute atomic E-state index is 12.6. The molecule has 0 spiro atoms. The maximum Gasteiger partial charge on any atom is 0.279 e. The molecule has 0 aliphatic carbocycles. The van der Waals surface area contributed by atoms with Crippen molar-refractivity contribution in [3.63, 3.8) is 0 Å². The predicted octanol–water partition coefficient (Wildman–Crippen LogP) is 2.74. The summed E-state index contributed by atoms with van der Waals surface area (Å²) < 4.78 is 10.8. The SMILES string of the molecule is C[NH+](CC(=O)Nc1ccccc1-c1ccccc1)Cc1ccc2c(c1)OCO2. The van der Waals surface area contributed by atoms with Crippen molar-refractivity contribution in [2.45, 2.75) is 6.54 Å². The molecule has 1 aliphatic rings. The summed E-state index contributed by atoms with van der Waals surface area (Å²) in [4.78, 5) is 13.7. The van der Waals surface area contributed by atoms with Crippen molar-refractivity contribution in [2.24, 2.45) is 0 Å². The normalized spacial score (nSPS) is 13.2. The highest BCUT2D eigenvalue weighted by Crippen LogP contribution is 2.32. The van der Waals surface area contributed by atoms with Gasteiger partial charge in [-0.25, -0.2) is 0 Å². The minimum absolute atomic E-state index is 0.0124. The molecule has 142 valence electrons. The second-order valence-electron chi connectivity index (χ2n) is 6.96. The number of nitrogens with one attached hydrogen (secondary N) is 2. The third kappa shape index (κ3) is 4.15. The van der Waals surface area contributed by atoms with Gasteiger partial charge >= 0.3 is 0 Å². The van der Waals surface area contributed by atoms with Crippen molar-refractivity contribution < 1.29 is 19.2 Å². The second-order valence-corrected chi connectivity index (χ2v) is 6.96. The Labute approximate surface area is 164 Å². The van der Waals surface area contributed by atoms with Crippen molar-refractivity contribution in [1.82, 2.24) is 0 Å². The molecule has 0 bridgehead atoms. The van der Waals surface area contributed by atoms with E-state index in [1.807, 2.05) is 79.8 Å². The minimum atomic E-state index is -0.0124. The van der Waals surface area contributed by atoms with Gasteiger partial charge < -0.3 is 19.7 Å². The Balaban J connectivity index is 1.39. The third-order valence-electron chi connectivity index (χ3n) is 4.69. The zero-order valence-corrected chi connectivity index (χ0v) is 15.8. The third-order valence-corrected chi connectivity index (χ3v) is 4.69. The Bertz CT molecular complexity index is 973. The molecule has 1 unspecified atom stereocenters. The van der Waals surface area contributed by atoms with Crippen LogP contribution in [0.3, 0.4) is 0 Å². The largest absolute Gasteiger partial charge is 0.454 e. The monoisotopic (exact) mass is 375 g/mol. The lowest BCUT2D eigenvalue weighted by Gasteiger charge is -2.15. The molecule has 3 aromatic rings. The number of rotatable bonds is 6. The molecule has 4 rings (SSSR count). The highest BCUT2D eigenvalue weighted by Gasteiger charge is 2.17. The van der Waals surface area contributed by atoms with Crippen LogP contribution in [0.25, 0.3) is 11.1 Å². The Morgan fingerprint density at radius 2 is 1.71 bits per heavy atom. The summed E-state index contributed by atoms with van der Waals surface area (Å²) in [5.74, 6) is 1.53. The van der Waals surface area contributed by atoms with Gasteiger partial charge in [-0.2, -0.15) is 0 Å². The van der Waals surface area contributed by atoms with Crippen molar-refractivity contribution in [2.75, 3.05) is 25.7 Å². The minimum Gasteiger partial charge on any atom is -0.454 e. The fraction of sp³-hybridized carbons (Fsp3) is 0.174. The van der Waals surface area contributed by atoms with E-state index < -0.39 is 0 Å². The van der Waals surface area contributed by atoms with Crippen LogP contribution in [0, 0.1) is 0 Å². The van der Waals surface area contributed by atoms with Crippen LogP contribution in [0.2, 0.25) is 0 Å². The van der Waals surface area contributed by atoms with E-state index >= 15 is 0 Å². The number of benzene rings is 3. The number of quaternary nitrogens is 1. The topological polar surface area (TPSA) is 52.0 Å². The lowest BCUT2D eigenvalue weighted by Crippen LogP contribution is -3.08. The summed E-state index contributed by atoms with van der Waals surface area (Å²) in [6, 6.07) is 23.9. The van der Waals surface area contributed by atoms with Crippen LogP contribution in [-0.4, -0.2) is 26.3 Å². The molecule has 0 radical (unpaired) electrons. The van der Waals surface area contributed by atoms with Crippen molar-refractivity contribution >= 4 is 11.6 Å². The summed E-state index contributed by atoms with van der Waals surface area (Å²) in [6.07, 6.45) is 0. The highest BCUT2D eigenvalue weighted by atomic mass is 16.7. The van der Waals surface area contributed by atoms with Gasteiger partial charge in [-0.15, -0.1) is 0 Å². The smallest absolute Gasteiger partial charge is 0.279 e. The number of carbonyl (C=O) groups is 1. The first-order valence-electron chi connectivity index (χ1n) is 9.33.